The second-order valence-electron chi connectivity index (χ2n) is 9.71. The van der Waals surface area contributed by atoms with Gasteiger partial charge in [0.05, 0.1) is 28.3 Å². The molecule has 0 aliphatic carbocycles. The van der Waals surface area contributed by atoms with Crippen molar-refractivity contribution in [2.75, 3.05) is 23.0 Å². The van der Waals surface area contributed by atoms with E-state index in [0.29, 0.717) is 58.2 Å². The molecule has 2 heterocycles. The zero-order valence-corrected chi connectivity index (χ0v) is 25.7. The van der Waals surface area contributed by atoms with Gasteiger partial charge in [0, 0.05) is 30.1 Å². The number of hydrogen-bond donors (Lipinski definition) is 2. The molecule has 10 nitrogen and oxygen atoms in total. The lowest BCUT2D eigenvalue weighted by molar-refractivity contribution is -0.678. The number of ether oxygens (including phenoxy) is 1. The van der Waals surface area contributed by atoms with Crippen LogP contribution in [0.4, 0.5) is 5.69 Å². The Balaban J connectivity index is 1.70. The first-order chi connectivity index (χ1) is 19.2. The van der Waals surface area contributed by atoms with E-state index in [9.17, 15) is 21.4 Å². The van der Waals surface area contributed by atoms with E-state index >= 15 is 0 Å². The van der Waals surface area contributed by atoms with Crippen molar-refractivity contribution >= 4 is 66.3 Å². The largest absolute Gasteiger partial charge is 0.439 e. The maximum Gasteiger partial charge on any atom is 0.374 e. The van der Waals surface area contributed by atoms with E-state index in [1.54, 1.807) is 29.2 Å². The molecule has 0 unspecified atom stereocenters. The maximum atomic E-state index is 11.3. The normalized spacial score (nSPS) is 15.1. The van der Waals surface area contributed by atoms with Gasteiger partial charge in [-0.25, -0.2) is 0 Å². The lowest BCUT2D eigenvalue weighted by Crippen LogP contribution is -2.35. The summed E-state index contributed by atoms with van der Waals surface area (Å²) in [4.78, 5) is 1.81. The van der Waals surface area contributed by atoms with Crippen molar-refractivity contribution in [2.24, 2.45) is 0 Å². The summed E-state index contributed by atoms with van der Waals surface area (Å²) in [6.07, 6.45) is 5.16. The van der Waals surface area contributed by atoms with Crippen molar-refractivity contribution in [3.63, 3.8) is 0 Å². The summed E-state index contributed by atoms with van der Waals surface area (Å²) in [5, 5.41) is 1.06. The highest BCUT2D eigenvalue weighted by molar-refractivity contribution is 7.86. The van der Waals surface area contributed by atoms with Crippen LogP contribution in [-0.4, -0.2) is 44.0 Å². The molecule has 1 aliphatic rings. The third-order valence-electron chi connectivity index (χ3n) is 6.55. The minimum atomic E-state index is -4.13. The Bertz CT molecular complexity index is 1730. The zero-order valence-electron chi connectivity index (χ0n) is 22.5. The van der Waals surface area contributed by atoms with Crippen LogP contribution < -0.4 is 14.2 Å². The van der Waals surface area contributed by atoms with Gasteiger partial charge in [0.25, 0.3) is 25.8 Å². The van der Waals surface area contributed by atoms with Crippen molar-refractivity contribution in [2.45, 2.75) is 46.1 Å². The number of fused-ring (bicyclic) bond motifs is 2. The molecule has 1 aromatic heterocycles. The van der Waals surface area contributed by atoms with Crippen molar-refractivity contribution < 1.29 is 39.7 Å². The summed E-state index contributed by atoms with van der Waals surface area (Å²) >= 11 is 12.6. The van der Waals surface area contributed by atoms with Crippen LogP contribution in [0, 0.1) is 6.92 Å². The van der Waals surface area contributed by atoms with Gasteiger partial charge in [-0.3, -0.25) is 9.11 Å². The number of allylic oxidation sites excluding steroid dienone is 2. The molecule has 1 aliphatic heterocycles. The van der Waals surface area contributed by atoms with Gasteiger partial charge in [-0.2, -0.15) is 21.4 Å². The molecular formula is C27H31Cl2N2O8S2+. The fourth-order valence-corrected chi connectivity index (χ4v) is 5.88. The molecule has 222 valence electrons. The van der Waals surface area contributed by atoms with Gasteiger partial charge in [0.2, 0.25) is 11.5 Å². The van der Waals surface area contributed by atoms with E-state index in [4.69, 9.17) is 36.9 Å². The maximum absolute atomic E-state index is 11.3. The molecule has 41 heavy (non-hydrogen) atoms. The van der Waals surface area contributed by atoms with Crippen LogP contribution in [0.2, 0.25) is 10.0 Å². The number of nitrogens with zero attached hydrogens (tertiary/aromatic N) is 2. The Labute approximate surface area is 249 Å². The van der Waals surface area contributed by atoms with E-state index < -0.39 is 26.0 Å². The highest BCUT2D eigenvalue weighted by atomic mass is 35.5. The van der Waals surface area contributed by atoms with Crippen LogP contribution in [0.25, 0.3) is 17.2 Å². The standard InChI is InChI=1S/C27H30Cl2N2O8S2/c1-3-19(14-26-31(10-6-12-41(35,36)37)22-16-20(28)7-8-24(22)38-26)15-27-30(9-4-5-11-40(32,33)34)23-17-21(29)18(2)13-25(23)39-27/h7-8,13-17H,3-6,9-12H2,1-2H3,(H-,32,33,34,35,36,37)/p+1. The zero-order chi connectivity index (χ0) is 29.9. The SMILES string of the molecule is CCC(=Cc1oc2cc(C)c(Cl)cc2[n+]1CCCCS(=O)(=O)O)C=C1Oc2ccc(Cl)cc2N1CCCS(=O)(=O)O. The van der Waals surface area contributed by atoms with Gasteiger partial charge in [-0.15, -0.1) is 0 Å². The van der Waals surface area contributed by atoms with Crippen LogP contribution in [0.5, 0.6) is 5.75 Å². The fraction of sp³-hybridized carbons (Fsp3) is 0.370. The number of benzene rings is 2. The second kappa shape index (κ2) is 12.7. The van der Waals surface area contributed by atoms with Crippen molar-refractivity contribution in [3.05, 3.63) is 69.4 Å². The summed E-state index contributed by atoms with van der Waals surface area (Å²) in [6, 6.07) is 8.80. The van der Waals surface area contributed by atoms with Crippen molar-refractivity contribution in [3.8, 4) is 5.75 Å². The number of aryl methyl sites for hydroxylation is 2. The quantitative estimate of drug-likeness (QED) is 0.142. The highest BCUT2D eigenvalue weighted by Gasteiger charge is 2.28. The van der Waals surface area contributed by atoms with E-state index in [1.165, 1.54) is 0 Å². The predicted molar refractivity (Wildman–Crippen MR) is 159 cm³/mol. The molecular weight excluding hydrogens is 615 g/mol. The third kappa shape index (κ3) is 8.24. The van der Waals surface area contributed by atoms with Crippen molar-refractivity contribution in [1.29, 1.82) is 0 Å². The number of rotatable bonds is 12. The Morgan fingerprint density at radius 1 is 1.02 bits per heavy atom. The van der Waals surface area contributed by atoms with Gasteiger partial charge in [-0.1, -0.05) is 30.1 Å². The lowest BCUT2D eigenvalue weighted by atomic mass is 10.1. The minimum absolute atomic E-state index is 0.157. The number of unbranched alkanes of at least 4 members (excludes halogenated alkanes) is 1. The molecule has 0 bridgehead atoms. The molecule has 0 atom stereocenters. The summed E-state index contributed by atoms with van der Waals surface area (Å²) < 4.78 is 77.5. The highest BCUT2D eigenvalue weighted by Crippen LogP contribution is 2.41. The van der Waals surface area contributed by atoms with Gasteiger partial charge >= 0.3 is 5.89 Å². The monoisotopic (exact) mass is 645 g/mol. The Morgan fingerprint density at radius 3 is 2.41 bits per heavy atom. The average Bonchev–Trinajstić information content (AvgIpc) is 3.37. The van der Waals surface area contributed by atoms with Crippen LogP contribution >= 0.6 is 23.2 Å². The summed E-state index contributed by atoms with van der Waals surface area (Å²) in [5.41, 5.74) is 3.70. The Hall–Kier alpha value is -2.61. The van der Waals surface area contributed by atoms with Gasteiger partial charge in [0.15, 0.2) is 12.3 Å². The first-order valence-corrected chi connectivity index (χ1v) is 16.9. The fourth-order valence-electron chi connectivity index (χ4n) is 4.50. The van der Waals surface area contributed by atoms with Gasteiger partial charge < -0.3 is 14.1 Å². The van der Waals surface area contributed by atoms with E-state index in [2.05, 4.69) is 0 Å². The second-order valence-corrected chi connectivity index (χ2v) is 13.7. The molecule has 4 rings (SSSR count). The Kier molecular flexibility index (Phi) is 9.72. The first-order valence-electron chi connectivity index (χ1n) is 12.9. The Morgan fingerprint density at radius 2 is 1.73 bits per heavy atom. The summed E-state index contributed by atoms with van der Waals surface area (Å²) in [6.45, 7) is 4.51. The third-order valence-corrected chi connectivity index (χ3v) is 8.80. The summed E-state index contributed by atoms with van der Waals surface area (Å²) in [7, 11) is -8.18. The molecule has 2 aromatic carbocycles. The molecule has 0 saturated carbocycles. The van der Waals surface area contributed by atoms with E-state index in [-0.39, 0.29) is 25.1 Å². The summed E-state index contributed by atoms with van der Waals surface area (Å²) in [5.74, 6) is 0.794. The molecule has 0 amide bonds. The van der Waals surface area contributed by atoms with E-state index in [1.807, 2.05) is 36.6 Å². The van der Waals surface area contributed by atoms with Crippen molar-refractivity contribution in [1.82, 2.24) is 0 Å². The molecule has 0 radical (unpaired) electrons. The van der Waals surface area contributed by atoms with Gasteiger partial charge in [0.1, 0.15) is 0 Å². The van der Waals surface area contributed by atoms with Gasteiger partial charge in [-0.05, 0) is 61.6 Å². The molecule has 3 aromatic rings. The molecule has 2 N–H and O–H groups in total. The molecule has 14 heteroatoms. The minimum Gasteiger partial charge on any atom is -0.439 e. The molecule has 0 saturated heterocycles. The lowest BCUT2D eigenvalue weighted by Gasteiger charge is -2.18. The predicted octanol–water partition coefficient (Wildman–Crippen LogP) is 5.82. The molecule has 0 spiro atoms. The topological polar surface area (TPSA) is 138 Å². The number of hydrogen-bond acceptors (Lipinski definition) is 7. The van der Waals surface area contributed by atoms with Crippen LogP contribution in [0.3, 0.4) is 0 Å². The number of aromatic nitrogens is 1. The van der Waals surface area contributed by atoms with Crippen LogP contribution in [0.15, 0.2) is 52.3 Å². The number of anilines is 1. The molecule has 0 fully saturated rings. The average molecular weight is 647 g/mol. The van der Waals surface area contributed by atoms with Crippen LogP contribution in [-0.2, 0) is 26.8 Å². The number of halogens is 2. The number of oxazole rings is 1. The van der Waals surface area contributed by atoms with Crippen LogP contribution in [0.1, 0.15) is 44.1 Å². The van der Waals surface area contributed by atoms with E-state index in [0.717, 1.165) is 16.7 Å². The smallest absolute Gasteiger partial charge is 0.374 e. The first kappa shape index (κ1) is 31.3.